The third-order valence-electron chi connectivity index (χ3n) is 3.98. The molecule has 30 heavy (non-hydrogen) atoms. The summed E-state index contributed by atoms with van der Waals surface area (Å²) in [6.45, 7) is 1.54. The second-order valence-electron chi connectivity index (χ2n) is 6.29. The Hall–Kier alpha value is -3.27. The van der Waals surface area contributed by atoms with Crippen molar-refractivity contribution in [2.24, 2.45) is 11.5 Å². The van der Waals surface area contributed by atoms with Crippen LogP contribution in [0.2, 0.25) is 5.02 Å². The number of amides is 1. The second-order valence-corrected chi connectivity index (χ2v) is 6.73. The Balaban J connectivity index is 1.88. The molecule has 0 aliphatic rings. The van der Waals surface area contributed by atoms with Gasteiger partial charge in [-0.15, -0.1) is 0 Å². The van der Waals surface area contributed by atoms with E-state index in [-0.39, 0.29) is 23.1 Å². The number of aliphatic hydroxyl groups excluding tert-OH is 1. The fraction of sp³-hybridized carbons (Fsp3) is 0.150. The van der Waals surface area contributed by atoms with Gasteiger partial charge in [-0.3, -0.25) is 4.79 Å². The molecule has 1 heterocycles. The van der Waals surface area contributed by atoms with Gasteiger partial charge >= 0.3 is 0 Å². The third kappa shape index (κ3) is 5.20. The van der Waals surface area contributed by atoms with Crippen molar-refractivity contribution in [2.45, 2.75) is 19.3 Å². The first-order valence-corrected chi connectivity index (χ1v) is 9.13. The minimum Gasteiger partial charge on any atom is -0.470 e. The van der Waals surface area contributed by atoms with Crippen LogP contribution in [0.4, 0.5) is 4.39 Å². The molecule has 0 saturated heterocycles. The van der Waals surface area contributed by atoms with Crippen LogP contribution in [0.5, 0.6) is 17.4 Å². The van der Waals surface area contributed by atoms with Crippen LogP contribution < -0.4 is 20.9 Å². The molecule has 2 aromatic carbocycles. The molecule has 10 heteroatoms. The van der Waals surface area contributed by atoms with Crippen molar-refractivity contribution in [2.75, 3.05) is 0 Å². The molecule has 0 aliphatic carbocycles. The maximum Gasteiger partial charge on any atom is 0.267 e. The number of nitrogens with two attached hydrogens (primary N) is 2. The molecule has 3 rings (SSSR count). The van der Waals surface area contributed by atoms with E-state index in [9.17, 15) is 14.3 Å². The van der Waals surface area contributed by atoms with Gasteiger partial charge in [-0.05, 0) is 43.3 Å². The van der Waals surface area contributed by atoms with Crippen molar-refractivity contribution in [3.8, 4) is 28.8 Å². The van der Waals surface area contributed by atoms with Crippen molar-refractivity contribution in [3.05, 3.63) is 65.1 Å². The normalized spacial score (nSPS) is 12.8. The number of aromatic nitrogens is 2. The highest BCUT2D eigenvalue weighted by atomic mass is 35.5. The van der Waals surface area contributed by atoms with Crippen LogP contribution in [0, 0.1) is 5.82 Å². The summed E-state index contributed by atoms with van der Waals surface area (Å²) in [7, 11) is 0. The lowest BCUT2D eigenvalue weighted by Gasteiger charge is -2.17. The molecule has 0 bridgehead atoms. The van der Waals surface area contributed by atoms with E-state index in [1.165, 1.54) is 31.2 Å². The Kier molecular flexibility index (Phi) is 6.46. The number of rotatable bonds is 7. The number of hydrogen-bond donors (Lipinski definition) is 3. The molecule has 5 N–H and O–H groups in total. The molecular weight excluding hydrogens is 415 g/mol. The summed E-state index contributed by atoms with van der Waals surface area (Å²) in [5.41, 5.74) is 11.2. The minimum atomic E-state index is -1.25. The summed E-state index contributed by atoms with van der Waals surface area (Å²) in [4.78, 5) is 19.9. The molecule has 0 radical (unpaired) electrons. The monoisotopic (exact) mass is 432 g/mol. The van der Waals surface area contributed by atoms with Gasteiger partial charge in [0.1, 0.15) is 23.8 Å². The molecule has 156 valence electrons. The lowest BCUT2D eigenvalue weighted by atomic mass is 10.2. The first-order valence-electron chi connectivity index (χ1n) is 8.75. The molecule has 0 spiro atoms. The fourth-order valence-electron chi connectivity index (χ4n) is 2.36. The predicted octanol–water partition coefficient (Wildman–Crippen LogP) is 2.87. The maximum atomic E-state index is 13.8. The zero-order valence-corrected chi connectivity index (χ0v) is 16.5. The van der Waals surface area contributed by atoms with E-state index in [4.69, 9.17) is 32.5 Å². The van der Waals surface area contributed by atoms with Gasteiger partial charge < -0.3 is 26.0 Å². The van der Waals surface area contributed by atoms with Crippen molar-refractivity contribution >= 4 is 17.5 Å². The lowest BCUT2D eigenvalue weighted by Crippen LogP contribution is -2.36. The van der Waals surface area contributed by atoms with Gasteiger partial charge in [-0.25, -0.2) is 9.37 Å². The van der Waals surface area contributed by atoms with E-state index in [0.717, 1.165) is 0 Å². The number of halogens is 2. The van der Waals surface area contributed by atoms with E-state index in [0.29, 0.717) is 16.3 Å². The van der Waals surface area contributed by atoms with E-state index in [2.05, 4.69) is 9.97 Å². The first-order chi connectivity index (χ1) is 14.2. The number of carbonyl (C=O) groups excluding carboxylic acids is 1. The maximum absolute atomic E-state index is 13.8. The van der Waals surface area contributed by atoms with E-state index >= 15 is 0 Å². The number of aliphatic hydroxyl groups is 1. The van der Waals surface area contributed by atoms with Crippen molar-refractivity contribution in [3.63, 3.8) is 0 Å². The summed E-state index contributed by atoms with van der Waals surface area (Å²) in [6, 6.07) is 11.6. The van der Waals surface area contributed by atoms with Crippen LogP contribution in [0.1, 0.15) is 17.4 Å². The van der Waals surface area contributed by atoms with Gasteiger partial charge in [-0.1, -0.05) is 11.6 Å². The predicted molar refractivity (Wildman–Crippen MR) is 108 cm³/mol. The average Bonchev–Trinajstić information content (AvgIpc) is 2.71. The molecule has 0 saturated carbocycles. The number of hydrogen-bond acceptors (Lipinski definition) is 7. The standard InChI is InChI=1S/C20H18ClFN4O4/c1-10(18(23)27)29-17-9-15(19(24)28)25-20(26-17)11-2-5-13(6-3-11)30-16-8-12(21)4-7-14(16)22/h2-10,18,27H,23H2,1H3,(H2,24,28)/t10-,18?/m0/s1. The highest BCUT2D eigenvalue weighted by Crippen LogP contribution is 2.29. The summed E-state index contributed by atoms with van der Waals surface area (Å²) in [5.74, 6) is -0.831. The number of benzene rings is 2. The van der Waals surface area contributed by atoms with Crippen LogP contribution in [0.15, 0.2) is 48.5 Å². The van der Waals surface area contributed by atoms with Gasteiger partial charge in [0.25, 0.3) is 5.91 Å². The Bertz CT molecular complexity index is 1060. The Morgan fingerprint density at radius 3 is 2.50 bits per heavy atom. The molecule has 3 aromatic rings. The highest BCUT2D eigenvalue weighted by molar-refractivity contribution is 6.30. The zero-order chi connectivity index (χ0) is 21.8. The number of nitrogens with zero attached hydrogens (tertiary/aromatic N) is 2. The first kappa shape index (κ1) is 21.4. The molecule has 8 nitrogen and oxygen atoms in total. The van der Waals surface area contributed by atoms with Crippen molar-refractivity contribution in [1.29, 1.82) is 0 Å². The summed E-state index contributed by atoms with van der Waals surface area (Å²) >= 11 is 5.86. The smallest absolute Gasteiger partial charge is 0.267 e. The van der Waals surface area contributed by atoms with Crippen molar-refractivity contribution in [1.82, 2.24) is 9.97 Å². The molecular formula is C20H18ClFN4O4. The SMILES string of the molecule is C[C@H](Oc1cc(C(N)=O)nc(-c2ccc(Oc3cc(Cl)ccc3F)cc2)n1)C(N)O. The zero-order valence-electron chi connectivity index (χ0n) is 15.8. The Labute approximate surface area is 176 Å². The molecule has 2 atom stereocenters. The van der Waals surface area contributed by atoms with Crippen LogP contribution in [0.3, 0.4) is 0 Å². The minimum absolute atomic E-state index is 0.0205. The topological polar surface area (TPSA) is 134 Å². The van der Waals surface area contributed by atoms with E-state index in [1.54, 1.807) is 24.3 Å². The molecule has 0 fully saturated rings. The van der Waals surface area contributed by atoms with Gasteiger partial charge in [0, 0.05) is 22.7 Å². The van der Waals surface area contributed by atoms with Gasteiger partial charge in [0.05, 0.1) is 0 Å². The Morgan fingerprint density at radius 1 is 1.17 bits per heavy atom. The van der Waals surface area contributed by atoms with E-state index < -0.39 is 24.1 Å². The fourth-order valence-corrected chi connectivity index (χ4v) is 2.52. The number of carbonyl (C=O) groups is 1. The second kappa shape index (κ2) is 9.04. The van der Waals surface area contributed by atoms with Gasteiger partial charge in [-0.2, -0.15) is 4.98 Å². The van der Waals surface area contributed by atoms with Crippen LogP contribution in [-0.4, -0.2) is 33.3 Å². The summed E-state index contributed by atoms with van der Waals surface area (Å²) in [6.07, 6.45) is -2.03. The van der Waals surface area contributed by atoms with Crippen molar-refractivity contribution < 1.29 is 23.8 Å². The third-order valence-corrected chi connectivity index (χ3v) is 4.21. The largest absolute Gasteiger partial charge is 0.470 e. The number of ether oxygens (including phenoxy) is 2. The molecule has 1 amide bonds. The summed E-state index contributed by atoms with van der Waals surface area (Å²) < 4.78 is 24.8. The Morgan fingerprint density at radius 2 is 1.87 bits per heavy atom. The summed E-state index contributed by atoms with van der Waals surface area (Å²) in [5, 5.41) is 9.74. The van der Waals surface area contributed by atoms with Crippen LogP contribution in [0.25, 0.3) is 11.4 Å². The quantitative estimate of drug-likeness (QED) is 0.488. The highest BCUT2D eigenvalue weighted by Gasteiger charge is 2.16. The lowest BCUT2D eigenvalue weighted by molar-refractivity contribution is 0.0492. The number of primary amides is 1. The molecule has 0 aliphatic heterocycles. The van der Waals surface area contributed by atoms with E-state index in [1.807, 2.05) is 0 Å². The average molecular weight is 433 g/mol. The molecule has 1 aromatic heterocycles. The van der Waals surface area contributed by atoms with Crippen LogP contribution >= 0.6 is 11.6 Å². The molecule has 1 unspecified atom stereocenters. The van der Waals surface area contributed by atoms with Gasteiger partial charge in [0.15, 0.2) is 17.4 Å². The van der Waals surface area contributed by atoms with Crippen LogP contribution in [-0.2, 0) is 0 Å². The van der Waals surface area contributed by atoms with Gasteiger partial charge in [0.2, 0.25) is 5.88 Å².